The van der Waals surface area contributed by atoms with E-state index in [1.54, 1.807) is 23.1 Å². The predicted molar refractivity (Wildman–Crippen MR) is 125 cm³/mol. The van der Waals surface area contributed by atoms with E-state index in [1.807, 2.05) is 17.7 Å². The van der Waals surface area contributed by atoms with E-state index in [-0.39, 0.29) is 12.4 Å². The van der Waals surface area contributed by atoms with Gasteiger partial charge in [0.25, 0.3) is 0 Å². The standard InChI is InChI=1S/C21H17Br2FN6O3/c1-2-28-20(23)13(10-27-28)8-17-5-6-26-29(17)18-4-3-16(24)7-14(18)12-33-19-9-15(22)11-25-21(19)30(31)32/h3-7,9-11H,2,8,12H2,1H3. The van der Waals surface area contributed by atoms with Crippen molar-refractivity contribution < 1.29 is 14.1 Å². The average molecular weight is 580 g/mol. The lowest BCUT2D eigenvalue weighted by molar-refractivity contribution is -0.390. The zero-order valence-electron chi connectivity index (χ0n) is 17.3. The van der Waals surface area contributed by atoms with Gasteiger partial charge in [-0.1, -0.05) is 0 Å². The summed E-state index contributed by atoms with van der Waals surface area (Å²) in [4.78, 5) is 14.4. The fourth-order valence-corrected chi connectivity index (χ4v) is 4.21. The number of nitrogens with zero attached hydrogens (tertiary/aromatic N) is 6. The van der Waals surface area contributed by atoms with Crippen LogP contribution in [0.25, 0.3) is 5.69 Å². The second-order valence-electron chi connectivity index (χ2n) is 6.98. The molecule has 3 heterocycles. The molecule has 0 aliphatic heterocycles. The highest BCUT2D eigenvalue weighted by Crippen LogP contribution is 2.29. The van der Waals surface area contributed by atoms with E-state index in [4.69, 9.17) is 4.74 Å². The van der Waals surface area contributed by atoms with E-state index >= 15 is 0 Å². The van der Waals surface area contributed by atoms with Crippen LogP contribution in [0.5, 0.6) is 5.75 Å². The highest BCUT2D eigenvalue weighted by Gasteiger charge is 2.19. The van der Waals surface area contributed by atoms with Gasteiger partial charge in [-0.15, -0.1) is 0 Å². The van der Waals surface area contributed by atoms with Crippen LogP contribution in [0.4, 0.5) is 10.2 Å². The molecule has 0 atom stereocenters. The third-order valence-corrected chi connectivity index (χ3v) is 6.21. The summed E-state index contributed by atoms with van der Waals surface area (Å²) in [6, 6.07) is 7.57. The normalized spacial score (nSPS) is 11.0. The SMILES string of the molecule is CCn1ncc(Cc2ccnn2-c2ccc(F)cc2COc2cc(Br)cnc2[N+](=O)[O-])c1Br. The summed E-state index contributed by atoms with van der Waals surface area (Å²) in [5.74, 6) is -0.908. The van der Waals surface area contributed by atoms with Crippen molar-refractivity contribution in [2.75, 3.05) is 0 Å². The van der Waals surface area contributed by atoms with Crippen molar-refractivity contribution in [2.24, 2.45) is 0 Å². The third-order valence-electron chi connectivity index (χ3n) is 4.86. The molecule has 170 valence electrons. The number of nitro groups is 1. The molecule has 0 saturated carbocycles. The maximum Gasteiger partial charge on any atom is 0.406 e. The number of aryl methyl sites for hydroxylation is 1. The van der Waals surface area contributed by atoms with Crippen molar-refractivity contribution in [1.29, 1.82) is 0 Å². The Labute approximate surface area is 204 Å². The molecule has 0 saturated heterocycles. The Morgan fingerprint density at radius 1 is 1.15 bits per heavy atom. The van der Waals surface area contributed by atoms with Crippen molar-refractivity contribution >= 4 is 37.7 Å². The molecule has 4 rings (SSSR count). The van der Waals surface area contributed by atoms with Gasteiger partial charge in [-0.3, -0.25) is 4.68 Å². The lowest BCUT2D eigenvalue weighted by Gasteiger charge is -2.14. The van der Waals surface area contributed by atoms with Gasteiger partial charge < -0.3 is 14.9 Å². The maximum absolute atomic E-state index is 14.1. The largest absolute Gasteiger partial charge is 0.481 e. The molecule has 0 unspecified atom stereocenters. The van der Waals surface area contributed by atoms with Crippen molar-refractivity contribution in [3.63, 3.8) is 0 Å². The van der Waals surface area contributed by atoms with E-state index in [2.05, 4.69) is 47.0 Å². The van der Waals surface area contributed by atoms with Crippen LogP contribution in [-0.4, -0.2) is 29.5 Å². The number of hydrogen-bond acceptors (Lipinski definition) is 6. The summed E-state index contributed by atoms with van der Waals surface area (Å²) in [5.41, 5.74) is 2.90. The summed E-state index contributed by atoms with van der Waals surface area (Å²) in [5, 5.41) is 20.0. The van der Waals surface area contributed by atoms with Crippen LogP contribution in [0, 0.1) is 15.9 Å². The van der Waals surface area contributed by atoms with Crippen molar-refractivity contribution in [3.8, 4) is 11.4 Å². The molecule has 4 aromatic rings. The van der Waals surface area contributed by atoms with E-state index in [9.17, 15) is 14.5 Å². The predicted octanol–water partition coefficient (Wildman–Crippen LogP) is 5.23. The van der Waals surface area contributed by atoms with Crippen LogP contribution in [0.1, 0.15) is 23.7 Å². The molecular weight excluding hydrogens is 563 g/mol. The smallest absolute Gasteiger partial charge is 0.406 e. The quantitative estimate of drug-likeness (QED) is 0.209. The molecule has 0 aliphatic carbocycles. The third kappa shape index (κ3) is 4.96. The number of benzene rings is 1. The Morgan fingerprint density at radius 3 is 2.70 bits per heavy atom. The number of aromatic nitrogens is 5. The van der Waals surface area contributed by atoms with Crippen molar-refractivity contribution in [3.05, 3.63) is 90.8 Å². The first-order valence-corrected chi connectivity index (χ1v) is 11.4. The number of rotatable bonds is 8. The number of pyridine rings is 1. The molecular formula is C21H17Br2FN6O3. The minimum Gasteiger partial charge on any atom is -0.481 e. The zero-order chi connectivity index (χ0) is 23.5. The fourth-order valence-electron chi connectivity index (χ4n) is 3.31. The van der Waals surface area contributed by atoms with Gasteiger partial charge >= 0.3 is 5.82 Å². The lowest BCUT2D eigenvalue weighted by atomic mass is 10.1. The summed E-state index contributed by atoms with van der Waals surface area (Å²) in [6.45, 7) is 2.61. The second kappa shape index (κ2) is 9.79. The number of hydrogen-bond donors (Lipinski definition) is 0. The maximum atomic E-state index is 14.1. The van der Waals surface area contributed by atoms with Crippen LogP contribution < -0.4 is 4.74 Å². The molecule has 1 aromatic carbocycles. The topological polar surface area (TPSA) is 101 Å². The molecule has 0 fully saturated rings. The summed E-state index contributed by atoms with van der Waals surface area (Å²) < 4.78 is 24.7. The van der Waals surface area contributed by atoms with Gasteiger partial charge in [0.05, 0.1) is 16.4 Å². The van der Waals surface area contributed by atoms with Gasteiger partial charge in [0.2, 0.25) is 5.75 Å². The molecule has 0 radical (unpaired) electrons. The number of halogens is 3. The number of ether oxygens (including phenoxy) is 1. The molecule has 0 bridgehead atoms. The van der Waals surface area contributed by atoms with Gasteiger partial charge in [0.15, 0.2) is 6.20 Å². The molecule has 0 N–H and O–H groups in total. The Bertz CT molecular complexity index is 1320. The first-order valence-electron chi connectivity index (χ1n) is 9.82. The Hall–Kier alpha value is -3.12. The van der Waals surface area contributed by atoms with Gasteiger partial charge in [-0.2, -0.15) is 10.2 Å². The zero-order valence-corrected chi connectivity index (χ0v) is 20.5. The second-order valence-corrected chi connectivity index (χ2v) is 8.65. The first kappa shape index (κ1) is 23.1. The minimum absolute atomic E-state index is 0.0267. The van der Waals surface area contributed by atoms with E-state index in [1.165, 1.54) is 24.4 Å². The Balaban J connectivity index is 1.65. The van der Waals surface area contributed by atoms with Crippen molar-refractivity contribution in [2.45, 2.75) is 26.5 Å². The molecule has 0 amide bonds. The highest BCUT2D eigenvalue weighted by atomic mass is 79.9. The monoisotopic (exact) mass is 578 g/mol. The summed E-state index contributed by atoms with van der Waals surface area (Å²) in [6.07, 6.45) is 5.30. The Morgan fingerprint density at radius 2 is 1.97 bits per heavy atom. The van der Waals surface area contributed by atoms with Gasteiger partial charge in [-0.05, 0) is 73.0 Å². The molecule has 12 heteroatoms. The van der Waals surface area contributed by atoms with Gasteiger partial charge in [-0.25, -0.2) is 9.07 Å². The lowest BCUT2D eigenvalue weighted by Crippen LogP contribution is -2.09. The Kier molecular flexibility index (Phi) is 6.84. The van der Waals surface area contributed by atoms with E-state index in [0.717, 1.165) is 22.4 Å². The van der Waals surface area contributed by atoms with Crippen LogP contribution in [-0.2, 0) is 19.6 Å². The van der Waals surface area contributed by atoms with Gasteiger partial charge in [0.1, 0.15) is 17.0 Å². The van der Waals surface area contributed by atoms with Crippen LogP contribution >= 0.6 is 31.9 Å². The summed E-state index contributed by atoms with van der Waals surface area (Å²) >= 11 is 6.81. The summed E-state index contributed by atoms with van der Waals surface area (Å²) in [7, 11) is 0. The van der Waals surface area contributed by atoms with E-state index < -0.39 is 16.6 Å². The first-order chi connectivity index (χ1) is 15.9. The minimum atomic E-state index is -0.631. The van der Waals surface area contributed by atoms with E-state index in [0.29, 0.717) is 22.1 Å². The average Bonchev–Trinajstić information content (AvgIpc) is 3.39. The van der Waals surface area contributed by atoms with Crippen molar-refractivity contribution in [1.82, 2.24) is 24.5 Å². The molecule has 0 spiro atoms. The van der Waals surface area contributed by atoms with Crippen LogP contribution in [0.3, 0.4) is 0 Å². The van der Waals surface area contributed by atoms with Gasteiger partial charge in [0, 0.05) is 42.0 Å². The fraction of sp³-hybridized carbons (Fsp3) is 0.190. The molecule has 3 aromatic heterocycles. The molecule has 33 heavy (non-hydrogen) atoms. The molecule has 0 aliphatic rings. The van der Waals surface area contributed by atoms with Crippen LogP contribution in [0.15, 0.2) is 58.0 Å². The van der Waals surface area contributed by atoms with Crippen LogP contribution in [0.2, 0.25) is 0 Å². The molecule has 9 nitrogen and oxygen atoms in total. The highest BCUT2D eigenvalue weighted by molar-refractivity contribution is 9.10.